The van der Waals surface area contributed by atoms with Gasteiger partial charge in [0.2, 0.25) is 5.95 Å². The molecule has 9 nitrogen and oxygen atoms in total. The van der Waals surface area contributed by atoms with Crippen LogP contribution in [0.25, 0.3) is 22.3 Å². The molecule has 2 aromatic heterocycles. The second-order valence-electron chi connectivity index (χ2n) is 7.78. The van der Waals surface area contributed by atoms with Crippen LogP contribution in [-0.4, -0.2) is 25.9 Å². The van der Waals surface area contributed by atoms with E-state index in [0.29, 0.717) is 40.8 Å². The lowest BCUT2D eigenvalue weighted by atomic mass is 10.1. The van der Waals surface area contributed by atoms with Crippen LogP contribution < -0.4 is 21.9 Å². The number of nitrogens with one attached hydrogen (secondary N) is 2. The maximum Gasteiger partial charge on any atom is 0.268 e. The van der Waals surface area contributed by atoms with Crippen molar-refractivity contribution < 1.29 is 4.39 Å². The standard InChI is InChI=1S/C25H25FN8O/c1-5-7-8-10-14(3)34-23(31-18-12-9-11-16(26)20(18)24(34)35)17(6-2)30-22-19-15(4)28-13-29-21(19)32-25(27)33-22/h5,7-13,17H,1,4,6H2,2-3H3,(H4,27,28,29,30,32,33)/b8-7-,14-10+. The molecule has 35 heavy (non-hydrogen) atoms. The summed E-state index contributed by atoms with van der Waals surface area (Å²) in [5, 5.41) is 6.19. The van der Waals surface area contributed by atoms with E-state index in [9.17, 15) is 9.18 Å². The van der Waals surface area contributed by atoms with Crippen LogP contribution in [0.4, 0.5) is 22.0 Å². The van der Waals surface area contributed by atoms with Crippen LogP contribution in [0.15, 0.2) is 65.4 Å². The lowest BCUT2D eigenvalue weighted by Gasteiger charge is -2.24. The SMILES string of the molecule is C=C/C=C\C=C(/C)n1c(C(CC)Nc2nc(N)nc3c2C(=C)N=CN3)nc2cccc(F)c2c1=O. The van der Waals surface area contributed by atoms with E-state index in [4.69, 9.17) is 10.7 Å². The van der Waals surface area contributed by atoms with E-state index in [1.807, 2.05) is 6.92 Å². The van der Waals surface area contributed by atoms with E-state index in [1.54, 1.807) is 37.3 Å². The van der Waals surface area contributed by atoms with Crippen molar-refractivity contribution >= 4 is 46.2 Å². The van der Waals surface area contributed by atoms with Gasteiger partial charge in [-0.25, -0.2) is 14.4 Å². The second-order valence-corrected chi connectivity index (χ2v) is 7.78. The Bertz CT molecular complexity index is 1490. The van der Waals surface area contributed by atoms with Gasteiger partial charge in [0, 0.05) is 5.70 Å². The molecule has 4 N–H and O–H groups in total. The van der Waals surface area contributed by atoms with E-state index in [1.165, 1.54) is 23.0 Å². The first-order valence-corrected chi connectivity index (χ1v) is 11.0. The number of aromatic nitrogens is 4. The minimum atomic E-state index is -0.631. The van der Waals surface area contributed by atoms with Gasteiger partial charge in [-0.3, -0.25) is 9.36 Å². The molecule has 1 atom stereocenters. The van der Waals surface area contributed by atoms with Gasteiger partial charge in [-0.2, -0.15) is 9.97 Å². The third-order valence-corrected chi connectivity index (χ3v) is 5.48. The van der Waals surface area contributed by atoms with Crippen LogP contribution in [0.2, 0.25) is 0 Å². The third-order valence-electron chi connectivity index (χ3n) is 5.48. The van der Waals surface area contributed by atoms with Gasteiger partial charge in [0.05, 0.1) is 29.2 Å². The number of nitrogens with zero attached hydrogens (tertiary/aromatic N) is 5. The molecule has 0 radical (unpaired) electrons. The Labute approximate surface area is 201 Å². The van der Waals surface area contributed by atoms with Crippen LogP contribution in [0.3, 0.4) is 0 Å². The van der Waals surface area contributed by atoms with E-state index >= 15 is 0 Å². The second kappa shape index (κ2) is 9.72. The van der Waals surface area contributed by atoms with E-state index < -0.39 is 17.4 Å². The molecular formula is C25H25FN8O. The fraction of sp³-hybridized carbons (Fsp3) is 0.160. The maximum absolute atomic E-state index is 14.7. The van der Waals surface area contributed by atoms with Crippen molar-refractivity contribution in [2.45, 2.75) is 26.3 Å². The lowest BCUT2D eigenvalue weighted by molar-refractivity contribution is 0.631. The number of benzene rings is 1. The summed E-state index contributed by atoms with van der Waals surface area (Å²) in [4.78, 5) is 31.0. The van der Waals surface area contributed by atoms with Gasteiger partial charge in [-0.15, -0.1) is 0 Å². The summed E-state index contributed by atoms with van der Waals surface area (Å²) in [5.41, 5.74) is 7.25. The van der Waals surface area contributed by atoms with Crippen LogP contribution >= 0.6 is 0 Å². The number of rotatable bonds is 7. The predicted octanol–water partition coefficient (Wildman–Crippen LogP) is 4.50. The summed E-state index contributed by atoms with van der Waals surface area (Å²) >= 11 is 0. The average Bonchev–Trinajstić information content (AvgIpc) is 2.82. The number of nitrogen functional groups attached to an aromatic ring is 1. The fourth-order valence-corrected chi connectivity index (χ4v) is 3.84. The highest BCUT2D eigenvalue weighted by Gasteiger charge is 2.25. The Hall–Kier alpha value is -4.60. The molecule has 0 fully saturated rings. The summed E-state index contributed by atoms with van der Waals surface area (Å²) < 4.78 is 16.1. The zero-order chi connectivity index (χ0) is 25.1. The summed E-state index contributed by atoms with van der Waals surface area (Å²) in [7, 11) is 0. The van der Waals surface area contributed by atoms with Crippen LogP contribution in [0.5, 0.6) is 0 Å². The number of halogens is 1. The molecule has 1 aliphatic rings. The number of hydrogen-bond donors (Lipinski definition) is 3. The molecular weight excluding hydrogens is 447 g/mol. The van der Waals surface area contributed by atoms with Gasteiger partial charge < -0.3 is 16.4 Å². The van der Waals surface area contributed by atoms with Crippen LogP contribution in [0.1, 0.15) is 37.7 Å². The zero-order valence-corrected chi connectivity index (χ0v) is 19.4. The molecule has 0 spiro atoms. The van der Waals surface area contributed by atoms with Gasteiger partial charge >= 0.3 is 0 Å². The minimum absolute atomic E-state index is 0.0493. The maximum atomic E-state index is 14.7. The van der Waals surface area contributed by atoms with Crippen molar-refractivity contribution in [2.24, 2.45) is 4.99 Å². The number of nitrogens with two attached hydrogens (primary N) is 1. The number of fused-ring (bicyclic) bond motifs is 2. The highest BCUT2D eigenvalue weighted by molar-refractivity contribution is 5.94. The zero-order valence-electron chi connectivity index (χ0n) is 19.4. The molecule has 0 aliphatic carbocycles. The van der Waals surface area contributed by atoms with Gasteiger partial charge in [0.1, 0.15) is 28.7 Å². The van der Waals surface area contributed by atoms with E-state index in [2.05, 4.69) is 38.8 Å². The molecule has 10 heteroatoms. The Balaban J connectivity index is 1.92. The van der Waals surface area contributed by atoms with E-state index in [0.717, 1.165) is 0 Å². The molecule has 178 valence electrons. The lowest BCUT2D eigenvalue weighted by Crippen LogP contribution is -2.29. The van der Waals surface area contributed by atoms with Gasteiger partial charge in [0.25, 0.3) is 5.56 Å². The third kappa shape index (κ3) is 4.45. The molecule has 0 amide bonds. The number of allylic oxidation sites excluding steroid dienone is 5. The predicted molar refractivity (Wildman–Crippen MR) is 139 cm³/mol. The summed E-state index contributed by atoms with van der Waals surface area (Å²) in [5.74, 6) is 0.663. The van der Waals surface area contributed by atoms with Crippen molar-refractivity contribution in [3.8, 4) is 0 Å². The Morgan fingerprint density at radius 3 is 2.86 bits per heavy atom. The molecule has 0 saturated carbocycles. The normalized spacial score (nSPS) is 14.1. The average molecular weight is 473 g/mol. The first-order valence-electron chi connectivity index (χ1n) is 11.0. The minimum Gasteiger partial charge on any atom is -0.368 e. The number of hydrogen-bond acceptors (Lipinski definition) is 8. The highest BCUT2D eigenvalue weighted by atomic mass is 19.1. The van der Waals surface area contributed by atoms with Gasteiger partial charge in [-0.1, -0.05) is 44.4 Å². The molecule has 4 rings (SSSR count). The topological polar surface area (TPSA) is 123 Å². The molecule has 1 unspecified atom stereocenters. The van der Waals surface area contributed by atoms with Crippen molar-refractivity contribution in [1.82, 2.24) is 19.5 Å². The van der Waals surface area contributed by atoms with Crippen molar-refractivity contribution in [3.63, 3.8) is 0 Å². The summed E-state index contributed by atoms with van der Waals surface area (Å²) in [6.45, 7) is 11.3. The molecule has 3 aromatic rings. The molecule has 0 bridgehead atoms. The van der Waals surface area contributed by atoms with Crippen molar-refractivity contribution in [1.29, 1.82) is 0 Å². The Kier molecular flexibility index (Phi) is 6.54. The van der Waals surface area contributed by atoms with E-state index in [-0.39, 0.29) is 16.9 Å². The Morgan fingerprint density at radius 1 is 1.31 bits per heavy atom. The molecule has 1 aromatic carbocycles. The quantitative estimate of drug-likeness (QED) is 0.433. The van der Waals surface area contributed by atoms with Gasteiger partial charge in [0.15, 0.2) is 0 Å². The first kappa shape index (κ1) is 23.6. The summed E-state index contributed by atoms with van der Waals surface area (Å²) in [6.07, 6.45) is 8.82. The van der Waals surface area contributed by atoms with Crippen LogP contribution in [-0.2, 0) is 0 Å². The molecule has 1 aliphatic heterocycles. The van der Waals surface area contributed by atoms with Crippen molar-refractivity contribution in [3.05, 3.63) is 83.2 Å². The first-order chi connectivity index (χ1) is 16.8. The van der Waals surface area contributed by atoms with Crippen LogP contribution in [0, 0.1) is 5.82 Å². The van der Waals surface area contributed by atoms with Crippen molar-refractivity contribution in [2.75, 3.05) is 16.4 Å². The monoisotopic (exact) mass is 472 g/mol. The largest absolute Gasteiger partial charge is 0.368 e. The Morgan fingerprint density at radius 2 is 2.11 bits per heavy atom. The smallest absolute Gasteiger partial charge is 0.268 e. The highest BCUT2D eigenvalue weighted by Crippen LogP contribution is 2.34. The number of aliphatic imine (C=N–C) groups is 1. The summed E-state index contributed by atoms with van der Waals surface area (Å²) in [6, 6.07) is 3.88. The number of anilines is 3. The van der Waals surface area contributed by atoms with Gasteiger partial charge in [-0.05, 0) is 31.6 Å². The molecule has 0 saturated heterocycles. The fourth-order valence-electron chi connectivity index (χ4n) is 3.84. The molecule has 3 heterocycles.